The quantitative estimate of drug-likeness (QED) is 0.454. The van der Waals surface area contributed by atoms with E-state index < -0.39 is 0 Å². The summed E-state index contributed by atoms with van der Waals surface area (Å²) in [4.78, 5) is 13.1. The summed E-state index contributed by atoms with van der Waals surface area (Å²) in [5, 5.41) is 4.11. The second-order valence-corrected chi connectivity index (χ2v) is 6.32. The van der Waals surface area contributed by atoms with Crippen molar-refractivity contribution in [2.75, 3.05) is 5.75 Å². The minimum atomic E-state index is 0.208. The number of carbonyl (C=O) groups is 1. The third kappa shape index (κ3) is 4.51. The van der Waals surface area contributed by atoms with Crippen LogP contribution in [0.3, 0.4) is 0 Å². The van der Waals surface area contributed by atoms with E-state index in [9.17, 15) is 4.79 Å². The lowest BCUT2D eigenvalue weighted by Crippen LogP contribution is -1.99. The second kappa shape index (κ2) is 6.91. The van der Waals surface area contributed by atoms with E-state index >= 15 is 0 Å². The molecule has 3 nitrogen and oxygen atoms in total. The maximum absolute atomic E-state index is 11.9. The van der Waals surface area contributed by atoms with E-state index in [1.165, 1.54) is 0 Å². The first-order valence-corrected chi connectivity index (χ1v) is 7.83. The normalized spacial score (nSPS) is 10.6. The van der Waals surface area contributed by atoms with Crippen molar-refractivity contribution in [3.05, 3.63) is 46.7 Å². The molecule has 0 N–H and O–H groups in total. The molecular formula is C14H15BrN2OS. The minimum Gasteiger partial charge on any atom is -0.294 e. The van der Waals surface area contributed by atoms with Crippen molar-refractivity contribution in [1.29, 1.82) is 0 Å². The largest absolute Gasteiger partial charge is 0.294 e. The van der Waals surface area contributed by atoms with Gasteiger partial charge in [0.15, 0.2) is 5.78 Å². The topological polar surface area (TPSA) is 34.9 Å². The van der Waals surface area contributed by atoms with Crippen molar-refractivity contribution in [1.82, 2.24) is 9.78 Å². The monoisotopic (exact) mass is 338 g/mol. The molecule has 0 aliphatic carbocycles. The predicted octanol–water partition coefficient (Wildman–Crippen LogP) is 3.94. The van der Waals surface area contributed by atoms with E-state index in [1.54, 1.807) is 16.4 Å². The second-order valence-electron chi connectivity index (χ2n) is 4.23. The number of thioether (sulfide) groups is 1. The average molecular weight is 339 g/mol. The number of aromatic nitrogens is 2. The van der Waals surface area contributed by atoms with Gasteiger partial charge in [-0.25, -0.2) is 0 Å². The van der Waals surface area contributed by atoms with Crippen molar-refractivity contribution >= 4 is 33.5 Å². The summed E-state index contributed by atoms with van der Waals surface area (Å²) >= 11 is 5.10. The van der Waals surface area contributed by atoms with Gasteiger partial charge in [0, 0.05) is 34.6 Å². The fourth-order valence-electron chi connectivity index (χ4n) is 1.68. The molecule has 100 valence electrons. The van der Waals surface area contributed by atoms with Gasteiger partial charge < -0.3 is 0 Å². The number of hydrogen-bond acceptors (Lipinski definition) is 3. The van der Waals surface area contributed by atoms with Crippen molar-refractivity contribution < 1.29 is 4.79 Å². The van der Waals surface area contributed by atoms with E-state index in [1.807, 2.05) is 43.7 Å². The van der Waals surface area contributed by atoms with Crippen LogP contribution in [0.1, 0.15) is 23.2 Å². The van der Waals surface area contributed by atoms with Crippen LogP contribution in [0.15, 0.2) is 46.0 Å². The molecule has 0 aliphatic heterocycles. The van der Waals surface area contributed by atoms with Crippen LogP contribution in [0.4, 0.5) is 0 Å². The number of halogens is 1. The van der Waals surface area contributed by atoms with Gasteiger partial charge in [-0.05, 0) is 24.3 Å². The molecule has 0 saturated carbocycles. The van der Waals surface area contributed by atoms with E-state index in [4.69, 9.17) is 0 Å². The van der Waals surface area contributed by atoms with Crippen LogP contribution in [-0.2, 0) is 7.05 Å². The van der Waals surface area contributed by atoms with E-state index in [0.29, 0.717) is 6.42 Å². The molecule has 5 heteroatoms. The average Bonchev–Trinajstić information content (AvgIpc) is 2.81. The lowest BCUT2D eigenvalue weighted by Gasteiger charge is -2.01. The minimum absolute atomic E-state index is 0.208. The highest BCUT2D eigenvalue weighted by molar-refractivity contribution is 9.10. The molecule has 1 aromatic heterocycles. The van der Waals surface area contributed by atoms with Gasteiger partial charge in [0.05, 0.1) is 6.20 Å². The molecule has 1 heterocycles. The van der Waals surface area contributed by atoms with Crippen molar-refractivity contribution in [2.45, 2.75) is 17.7 Å². The molecular weight excluding hydrogens is 324 g/mol. The SMILES string of the molecule is Cn1cc(SCCCC(=O)c2ccc(Br)cc2)cn1. The number of carbonyl (C=O) groups excluding carboxylic acids is 1. The van der Waals surface area contributed by atoms with Gasteiger partial charge in [-0.3, -0.25) is 9.48 Å². The van der Waals surface area contributed by atoms with Gasteiger partial charge >= 0.3 is 0 Å². The highest BCUT2D eigenvalue weighted by atomic mass is 79.9. The Morgan fingerprint density at radius 3 is 2.74 bits per heavy atom. The standard InChI is InChI=1S/C14H15BrN2OS/c1-17-10-13(9-16-17)19-8-2-3-14(18)11-4-6-12(15)7-5-11/h4-7,9-10H,2-3,8H2,1H3. The van der Waals surface area contributed by atoms with Crippen LogP contribution in [0.25, 0.3) is 0 Å². The van der Waals surface area contributed by atoms with Crippen molar-refractivity contribution in [3.63, 3.8) is 0 Å². The molecule has 0 spiro atoms. The summed E-state index contributed by atoms with van der Waals surface area (Å²) in [5.41, 5.74) is 0.787. The maximum Gasteiger partial charge on any atom is 0.162 e. The first-order chi connectivity index (χ1) is 9.15. The molecule has 0 atom stereocenters. The first-order valence-electron chi connectivity index (χ1n) is 6.05. The number of aryl methyl sites for hydroxylation is 1. The molecule has 19 heavy (non-hydrogen) atoms. The van der Waals surface area contributed by atoms with Gasteiger partial charge in [-0.15, -0.1) is 11.8 Å². The van der Waals surface area contributed by atoms with E-state index in [-0.39, 0.29) is 5.78 Å². The van der Waals surface area contributed by atoms with Crippen LogP contribution < -0.4 is 0 Å². The number of rotatable bonds is 6. The Morgan fingerprint density at radius 2 is 2.11 bits per heavy atom. The molecule has 0 saturated heterocycles. The lowest BCUT2D eigenvalue weighted by atomic mass is 10.1. The molecule has 0 aliphatic rings. The first kappa shape index (κ1) is 14.3. The zero-order valence-corrected chi connectivity index (χ0v) is 13.1. The van der Waals surface area contributed by atoms with E-state index in [0.717, 1.165) is 27.1 Å². The van der Waals surface area contributed by atoms with E-state index in [2.05, 4.69) is 21.0 Å². The summed E-state index contributed by atoms with van der Waals surface area (Å²) in [5.74, 6) is 1.15. The van der Waals surface area contributed by atoms with Crippen LogP contribution in [0.5, 0.6) is 0 Å². The molecule has 0 amide bonds. The third-order valence-corrected chi connectivity index (χ3v) is 4.23. The van der Waals surface area contributed by atoms with Gasteiger partial charge in [0.2, 0.25) is 0 Å². The Hall–Kier alpha value is -1.07. The number of hydrogen-bond donors (Lipinski definition) is 0. The Kier molecular flexibility index (Phi) is 5.22. The Labute approximate surface area is 125 Å². The predicted molar refractivity (Wildman–Crippen MR) is 81.6 cm³/mol. The smallest absolute Gasteiger partial charge is 0.162 e. The molecule has 0 radical (unpaired) electrons. The Morgan fingerprint density at radius 1 is 1.37 bits per heavy atom. The fraction of sp³-hybridized carbons (Fsp3) is 0.286. The summed E-state index contributed by atoms with van der Waals surface area (Å²) in [6.45, 7) is 0. The number of nitrogens with zero attached hydrogens (tertiary/aromatic N) is 2. The summed E-state index contributed by atoms with van der Waals surface area (Å²) in [6, 6.07) is 7.52. The Balaban J connectivity index is 1.73. The van der Waals surface area contributed by atoms with Crippen molar-refractivity contribution in [3.8, 4) is 0 Å². The third-order valence-electron chi connectivity index (χ3n) is 2.66. The Bertz CT molecular complexity index is 551. The van der Waals surface area contributed by atoms with Gasteiger partial charge in [-0.1, -0.05) is 28.1 Å². The zero-order valence-electron chi connectivity index (χ0n) is 10.7. The molecule has 0 unspecified atom stereocenters. The molecule has 0 fully saturated rings. The van der Waals surface area contributed by atoms with Gasteiger partial charge in [0.25, 0.3) is 0 Å². The highest BCUT2D eigenvalue weighted by Crippen LogP contribution is 2.19. The summed E-state index contributed by atoms with van der Waals surface area (Å²) in [7, 11) is 1.90. The zero-order chi connectivity index (χ0) is 13.7. The van der Waals surface area contributed by atoms with Crippen LogP contribution >= 0.6 is 27.7 Å². The van der Waals surface area contributed by atoms with Crippen LogP contribution in [0, 0.1) is 0 Å². The lowest BCUT2D eigenvalue weighted by molar-refractivity contribution is 0.0982. The summed E-state index contributed by atoms with van der Waals surface area (Å²) in [6.07, 6.45) is 5.31. The highest BCUT2D eigenvalue weighted by Gasteiger charge is 2.05. The molecule has 0 bridgehead atoms. The van der Waals surface area contributed by atoms with Crippen molar-refractivity contribution in [2.24, 2.45) is 7.05 Å². The molecule has 1 aromatic carbocycles. The van der Waals surface area contributed by atoms with Gasteiger partial charge in [-0.2, -0.15) is 5.10 Å². The van der Waals surface area contributed by atoms with Crippen LogP contribution in [-0.4, -0.2) is 21.3 Å². The molecule has 2 aromatic rings. The number of benzene rings is 1. The maximum atomic E-state index is 11.9. The fourth-order valence-corrected chi connectivity index (χ4v) is 2.81. The van der Waals surface area contributed by atoms with Gasteiger partial charge in [0.1, 0.15) is 0 Å². The number of ketones is 1. The van der Waals surface area contributed by atoms with Crippen LogP contribution in [0.2, 0.25) is 0 Å². The summed E-state index contributed by atoms with van der Waals surface area (Å²) < 4.78 is 2.78. The number of Topliss-reactive ketones (excluding diaryl/α,β-unsaturated/α-hetero) is 1. The molecule has 2 rings (SSSR count).